The minimum atomic E-state index is -0.123. The van der Waals surface area contributed by atoms with Crippen LogP contribution in [0, 0.1) is 0 Å². The molecular weight excluding hydrogens is 531 g/mol. The van der Waals surface area contributed by atoms with Gasteiger partial charge in [0.05, 0.1) is 11.9 Å². The fraction of sp³-hybridized carbons (Fsp3) is 0.441. The first-order chi connectivity index (χ1) is 19.3. The first-order valence-corrected chi connectivity index (χ1v) is 16.0. The highest BCUT2D eigenvalue weighted by atomic mass is 32.2. The normalized spacial score (nSPS) is 18.7. The molecule has 0 bridgehead atoms. The van der Waals surface area contributed by atoms with Gasteiger partial charge in [0.2, 0.25) is 5.91 Å². The second-order valence-corrected chi connectivity index (χ2v) is 12.7. The van der Waals surface area contributed by atoms with Gasteiger partial charge in [0.1, 0.15) is 5.75 Å². The Bertz CT molecular complexity index is 1230. The van der Waals surface area contributed by atoms with E-state index in [2.05, 4.69) is 94.9 Å². The Balaban J connectivity index is 0.00000216. The number of nitrogens with two attached hydrogens (primary N) is 1. The van der Waals surface area contributed by atoms with Gasteiger partial charge >= 0.3 is 0 Å². The maximum absolute atomic E-state index is 14.3. The summed E-state index contributed by atoms with van der Waals surface area (Å²) in [4.78, 5) is 17.7. The number of hydrogen-bond donors (Lipinski definition) is 1. The molecule has 4 rings (SSSR count). The number of fused-ring (bicyclic) bond motifs is 1. The van der Waals surface area contributed by atoms with Gasteiger partial charge in [0.15, 0.2) is 0 Å². The van der Waals surface area contributed by atoms with Gasteiger partial charge in [-0.25, -0.2) is 0 Å². The summed E-state index contributed by atoms with van der Waals surface area (Å²) >= 11 is 1.72. The molecule has 1 aliphatic heterocycles. The van der Waals surface area contributed by atoms with E-state index in [1.165, 1.54) is 42.3 Å². The Morgan fingerprint density at radius 3 is 2.42 bits per heavy atom. The zero-order valence-electron chi connectivity index (χ0n) is 24.9. The van der Waals surface area contributed by atoms with E-state index >= 15 is 0 Å². The summed E-state index contributed by atoms with van der Waals surface area (Å²) in [6.07, 6.45) is 10.1. The second kappa shape index (κ2) is 15.6. The van der Waals surface area contributed by atoms with Gasteiger partial charge in [-0.15, -0.1) is 21.0 Å². The van der Waals surface area contributed by atoms with Gasteiger partial charge in [0.25, 0.3) is 0 Å². The molecule has 1 aliphatic carbocycles. The van der Waals surface area contributed by atoms with Gasteiger partial charge in [-0.3, -0.25) is 4.79 Å². The van der Waals surface area contributed by atoms with Crippen LogP contribution in [0.4, 0.5) is 0 Å². The van der Waals surface area contributed by atoms with Gasteiger partial charge in [-0.2, -0.15) is 0 Å². The summed E-state index contributed by atoms with van der Waals surface area (Å²) in [5.74, 6) is 1.11. The van der Waals surface area contributed by atoms with Crippen LogP contribution in [0.3, 0.4) is 0 Å². The zero-order valence-corrected chi connectivity index (χ0v) is 26.9. The Morgan fingerprint density at radius 2 is 1.80 bits per heavy atom. The van der Waals surface area contributed by atoms with E-state index in [9.17, 15) is 4.79 Å². The molecule has 2 aliphatic rings. The van der Waals surface area contributed by atoms with E-state index in [0.717, 1.165) is 40.9 Å². The van der Waals surface area contributed by atoms with Crippen molar-refractivity contribution in [3.05, 3.63) is 89.0 Å². The van der Waals surface area contributed by atoms with Crippen molar-refractivity contribution < 1.29 is 9.53 Å². The smallest absolute Gasteiger partial charge is 0.237 e. The number of carbonyl (C=O) groups excluding carboxylic acids is 1. The van der Waals surface area contributed by atoms with Crippen LogP contribution in [0.15, 0.2) is 77.2 Å². The fourth-order valence-corrected chi connectivity index (χ4v) is 7.64. The Morgan fingerprint density at radius 1 is 1.10 bits per heavy atom. The largest absolute Gasteiger partial charge is 0.494 e. The monoisotopic (exact) mass is 578 g/mol. The molecule has 2 aromatic rings. The molecule has 1 saturated carbocycles. The topological polar surface area (TPSA) is 55.6 Å². The molecule has 1 heterocycles. The molecule has 2 N–H and O–H groups in total. The number of carbonyl (C=O) groups is 1. The highest BCUT2D eigenvalue weighted by molar-refractivity contribution is 8.01. The highest BCUT2D eigenvalue weighted by Crippen LogP contribution is 2.49. The summed E-state index contributed by atoms with van der Waals surface area (Å²) in [7, 11) is 4.45. The van der Waals surface area contributed by atoms with E-state index in [1.807, 2.05) is 13.8 Å². The van der Waals surface area contributed by atoms with E-state index in [1.54, 1.807) is 11.8 Å². The van der Waals surface area contributed by atoms with Crippen molar-refractivity contribution in [2.75, 3.05) is 13.7 Å². The number of thioether (sulfide) groups is 1. The number of allylic oxidation sites excluding steroid dienone is 5. The van der Waals surface area contributed by atoms with E-state index in [4.69, 9.17) is 4.74 Å². The van der Waals surface area contributed by atoms with E-state index in [-0.39, 0.29) is 22.9 Å². The molecule has 0 spiro atoms. The Kier molecular flexibility index (Phi) is 12.6. The molecule has 2 aromatic carbocycles. The van der Waals surface area contributed by atoms with Gasteiger partial charge in [-0.05, 0) is 82.5 Å². The van der Waals surface area contributed by atoms with Crippen LogP contribution in [0.5, 0.6) is 5.75 Å². The minimum Gasteiger partial charge on any atom is -0.494 e. The third kappa shape index (κ3) is 8.12. The minimum absolute atomic E-state index is 0.121. The molecule has 216 valence electrons. The van der Waals surface area contributed by atoms with Crippen LogP contribution in [0.2, 0.25) is 0 Å². The van der Waals surface area contributed by atoms with Crippen LogP contribution >= 0.6 is 21.0 Å². The van der Waals surface area contributed by atoms with Crippen molar-refractivity contribution in [1.29, 1.82) is 0 Å². The summed E-state index contributed by atoms with van der Waals surface area (Å²) in [6.45, 7) is 13.5. The predicted molar refractivity (Wildman–Crippen MR) is 176 cm³/mol. The van der Waals surface area contributed by atoms with Crippen LogP contribution < -0.4 is 10.5 Å². The number of amides is 1. The van der Waals surface area contributed by atoms with Gasteiger partial charge in [-0.1, -0.05) is 73.4 Å². The number of ether oxygens (including phenoxy) is 1. The summed E-state index contributed by atoms with van der Waals surface area (Å²) < 4.78 is 6.10. The molecule has 6 heteroatoms. The lowest BCUT2D eigenvalue weighted by molar-refractivity contribution is -0.134. The summed E-state index contributed by atoms with van der Waals surface area (Å²) in [5.41, 5.74) is 11.4. The quantitative estimate of drug-likeness (QED) is 0.240. The fourth-order valence-electron chi connectivity index (χ4n) is 5.53. The highest BCUT2D eigenvalue weighted by Gasteiger charge is 2.40. The molecule has 4 nitrogen and oxygen atoms in total. The molecular formula is C34H47N2O2PS. The van der Waals surface area contributed by atoms with Crippen molar-refractivity contribution in [2.45, 2.75) is 88.2 Å². The Labute approximate surface area is 248 Å². The van der Waals surface area contributed by atoms with Gasteiger partial charge < -0.3 is 15.4 Å². The number of rotatable bonds is 9. The van der Waals surface area contributed by atoms with Crippen molar-refractivity contribution in [3.63, 3.8) is 0 Å². The lowest BCUT2D eigenvalue weighted by Crippen LogP contribution is -2.45. The number of nitrogens with zero attached hydrogens (tertiary/aromatic N) is 1. The second-order valence-electron chi connectivity index (χ2n) is 10.8. The van der Waals surface area contributed by atoms with E-state index < -0.39 is 0 Å². The number of benzene rings is 2. The lowest BCUT2D eigenvalue weighted by Gasteiger charge is -2.37. The molecule has 3 unspecified atom stereocenters. The van der Waals surface area contributed by atoms with Crippen molar-refractivity contribution in [2.24, 2.45) is 5.73 Å². The molecule has 3 atom stereocenters. The molecule has 0 aromatic heterocycles. The van der Waals surface area contributed by atoms with Crippen LogP contribution in [-0.2, 0) is 11.3 Å². The maximum atomic E-state index is 14.3. The molecule has 1 fully saturated rings. The van der Waals surface area contributed by atoms with Crippen molar-refractivity contribution in [1.82, 2.24) is 4.90 Å². The first-order valence-electron chi connectivity index (χ1n) is 14.5. The zero-order chi connectivity index (χ0) is 29.2. The average molecular weight is 579 g/mol. The van der Waals surface area contributed by atoms with Crippen molar-refractivity contribution in [3.8, 4) is 5.75 Å². The van der Waals surface area contributed by atoms with E-state index in [0.29, 0.717) is 13.2 Å². The lowest BCUT2D eigenvalue weighted by atomic mass is 9.92. The first kappa shape index (κ1) is 32.2. The third-order valence-electron chi connectivity index (χ3n) is 7.28. The van der Waals surface area contributed by atoms with Crippen LogP contribution in [0.25, 0.3) is 5.57 Å². The third-order valence-corrected chi connectivity index (χ3v) is 9.68. The molecule has 1 amide bonds. The van der Waals surface area contributed by atoms with Crippen LogP contribution in [-0.4, -0.2) is 35.8 Å². The molecule has 0 radical (unpaired) electrons. The molecule has 0 saturated heterocycles. The molecule has 40 heavy (non-hydrogen) atoms. The summed E-state index contributed by atoms with van der Waals surface area (Å²) in [6, 6.07) is 15.1. The standard InChI is InChI=1S/C33H42NO2PS.CH5N/c1-6-36-29-17-16-24(25(18-22(2)3)19-23(4)5)20-26(29)21-34(27-12-8-7-9-13-27)33(35)32-31(37)28-14-10-11-15-30(28)38-32;1-2/h10-11,14-20,27,31-32H,2,6-9,12-13,21,37H2,1,3-5H3;2H2,1H3/b25-18+;. The van der Waals surface area contributed by atoms with Crippen molar-refractivity contribution >= 4 is 32.5 Å². The summed E-state index contributed by atoms with van der Waals surface area (Å²) in [5, 5.41) is -0.123. The maximum Gasteiger partial charge on any atom is 0.237 e. The SMILES string of the molecule is C=C(C)/C=C(\C=C(C)C)c1ccc(OCC)c(CN(C(=O)C2Sc3ccccc3C2P)C2CCCCC2)c1.CN. The Hall–Kier alpha value is -2.33. The number of hydrogen-bond acceptors (Lipinski definition) is 4. The predicted octanol–water partition coefficient (Wildman–Crippen LogP) is 8.34. The average Bonchev–Trinajstić information content (AvgIpc) is 3.29. The van der Waals surface area contributed by atoms with Gasteiger partial charge in [0, 0.05) is 28.7 Å². The van der Waals surface area contributed by atoms with Crippen LogP contribution in [0.1, 0.15) is 82.1 Å².